The lowest BCUT2D eigenvalue weighted by Gasteiger charge is -2.38. The van der Waals surface area contributed by atoms with Crippen LogP contribution in [0.4, 0.5) is 0 Å². The molecule has 19 heavy (non-hydrogen) atoms. The minimum absolute atomic E-state index is 0.00223. The topological polar surface area (TPSA) is 72.8 Å². The molecule has 5 nitrogen and oxygen atoms in total. The van der Waals surface area contributed by atoms with Gasteiger partial charge in [0.15, 0.2) is 11.5 Å². The van der Waals surface area contributed by atoms with Crippen LogP contribution in [-0.2, 0) is 19.1 Å². The maximum absolute atomic E-state index is 11.9. The molecule has 0 saturated carbocycles. The van der Waals surface area contributed by atoms with Gasteiger partial charge >= 0.3 is 11.8 Å². The fourth-order valence-electron chi connectivity index (χ4n) is 2.78. The number of carbonyl (C=O) groups is 2. The van der Waals surface area contributed by atoms with Crippen LogP contribution in [0.25, 0.3) is 0 Å². The van der Waals surface area contributed by atoms with E-state index in [4.69, 9.17) is 9.47 Å². The molecule has 1 aliphatic carbocycles. The van der Waals surface area contributed by atoms with E-state index in [9.17, 15) is 14.7 Å². The highest BCUT2D eigenvalue weighted by Gasteiger charge is 2.49. The minimum Gasteiger partial charge on any atom is -0.461 e. The largest absolute Gasteiger partial charge is 0.461 e. The van der Waals surface area contributed by atoms with Crippen LogP contribution in [-0.4, -0.2) is 29.3 Å². The lowest BCUT2D eigenvalue weighted by molar-refractivity contribution is -0.226. The summed E-state index contributed by atoms with van der Waals surface area (Å²) in [5.74, 6) is -2.74. The van der Waals surface area contributed by atoms with Gasteiger partial charge in [0.1, 0.15) is 0 Å². The number of Topliss-reactive ketones (excluding diaryl/α,β-unsaturated/α-hetero) is 1. The third-order valence-corrected chi connectivity index (χ3v) is 3.77. The summed E-state index contributed by atoms with van der Waals surface area (Å²) >= 11 is 0. The van der Waals surface area contributed by atoms with E-state index in [1.54, 1.807) is 6.92 Å². The Labute approximate surface area is 112 Å². The molecule has 5 heteroatoms. The first-order valence-electron chi connectivity index (χ1n) is 6.86. The van der Waals surface area contributed by atoms with Gasteiger partial charge in [0.25, 0.3) is 0 Å². The van der Waals surface area contributed by atoms with E-state index in [0.29, 0.717) is 6.42 Å². The Hall–Kier alpha value is -1.36. The number of rotatable bonds is 3. The third kappa shape index (κ3) is 2.52. The first-order valence-corrected chi connectivity index (χ1v) is 6.86. The molecule has 0 aromatic carbocycles. The van der Waals surface area contributed by atoms with Crippen LogP contribution in [0.5, 0.6) is 0 Å². The van der Waals surface area contributed by atoms with Gasteiger partial charge in [0.2, 0.25) is 0 Å². The van der Waals surface area contributed by atoms with E-state index in [0.717, 1.165) is 24.8 Å². The van der Waals surface area contributed by atoms with Crippen molar-refractivity contribution >= 4 is 11.8 Å². The Morgan fingerprint density at radius 2 is 2.21 bits per heavy atom. The summed E-state index contributed by atoms with van der Waals surface area (Å²) < 4.78 is 10.2. The molecule has 2 rings (SSSR count). The molecule has 0 spiro atoms. The summed E-state index contributed by atoms with van der Waals surface area (Å²) in [6.45, 7) is 3.81. The van der Waals surface area contributed by atoms with E-state index in [-0.39, 0.29) is 30.5 Å². The smallest absolute Gasteiger partial charge is 0.379 e. The molecule has 0 amide bonds. The first kappa shape index (κ1) is 14.1. The molecule has 106 valence electrons. The number of hydrogen-bond acceptors (Lipinski definition) is 5. The van der Waals surface area contributed by atoms with Crippen molar-refractivity contribution in [1.29, 1.82) is 0 Å². The van der Waals surface area contributed by atoms with Crippen molar-refractivity contribution in [3.8, 4) is 0 Å². The SMILES string of the molecule is CCOC(=O)[C@@]1(O)C[C@@H](CC)C2=C(O1)C(=O)CCC2. The molecule has 0 unspecified atom stereocenters. The normalized spacial score (nSPS) is 30.7. The van der Waals surface area contributed by atoms with Crippen molar-refractivity contribution in [3.05, 3.63) is 11.3 Å². The Kier molecular flexibility index (Phi) is 3.94. The van der Waals surface area contributed by atoms with Crippen molar-refractivity contribution in [2.24, 2.45) is 5.92 Å². The van der Waals surface area contributed by atoms with Gasteiger partial charge in [-0.15, -0.1) is 0 Å². The fourth-order valence-corrected chi connectivity index (χ4v) is 2.78. The van der Waals surface area contributed by atoms with Gasteiger partial charge in [-0.05, 0) is 37.7 Å². The number of aliphatic hydroxyl groups is 1. The van der Waals surface area contributed by atoms with Crippen LogP contribution in [0.15, 0.2) is 11.3 Å². The summed E-state index contributed by atoms with van der Waals surface area (Å²) in [7, 11) is 0. The molecule has 1 N–H and O–H groups in total. The van der Waals surface area contributed by atoms with Gasteiger partial charge < -0.3 is 14.6 Å². The molecule has 0 aromatic heterocycles. The summed E-state index contributed by atoms with van der Waals surface area (Å²) in [6, 6.07) is 0. The summed E-state index contributed by atoms with van der Waals surface area (Å²) in [4.78, 5) is 23.7. The molecule has 2 aliphatic rings. The Bertz CT molecular complexity index is 426. The molecule has 0 aromatic rings. The minimum atomic E-state index is -2.01. The Balaban J connectivity index is 2.32. The highest BCUT2D eigenvalue weighted by molar-refractivity contribution is 5.96. The zero-order valence-electron chi connectivity index (χ0n) is 11.4. The maximum Gasteiger partial charge on any atom is 0.379 e. The van der Waals surface area contributed by atoms with Gasteiger partial charge in [-0.3, -0.25) is 4.79 Å². The molecule has 0 bridgehead atoms. The molecular weight excluding hydrogens is 248 g/mol. The van der Waals surface area contributed by atoms with Crippen LogP contribution in [0, 0.1) is 5.92 Å². The number of allylic oxidation sites excluding steroid dienone is 2. The highest BCUT2D eigenvalue weighted by Crippen LogP contribution is 2.42. The third-order valence-electron chi connectivity index (χ3n) is 3.77. The molecular formula is C14H20O5. The van der Waals surface area contributed by atoms with Crippen LogP contribution in [0.1, 0.15) is 46.0 Å². The van der Waals surface area contributed by atoms with Crippen LogP contribution >= 0.6 is 0 Å². The quantitative estimate of drug-likeness (QED) is 0.788. The second kappa shape index (κ2) is 5.33. The van der Waals surface area contributed by atoms with E-state index < -0.39 is 11.8 Å². The fraction of sp³-hybridized carbons (Fsp3) is 0.714. The van der Waals surface area contributed by atoms with E-state index in [2.05, 4.69) is 0 Å². The van der Waals surface area contributed by atoms with Gasteiger partial charge in [-0.1, -0.05) is 6.92 Å². The number of carbonyl (C=O) groups excluding carboxylic acids is 2. The molecule has 0 fully saturated rings. The molecule has 1 aliphatic heterocycles. The van der Waals surface area contributed by atoms with Crippen LogP contribution in [0.2, 0.25) is 0 Å². The first-order chi connectivity index (χ1) is 9.01. The standard InChI is InChI=1S/C14H20O5/c1-3-9-8-14(17,13(16)18-4-2)19-12-10(9)6-5-7-11(12)15/h9,17H,3-8H2,1-2H3/t9-,14-/m1/s1. The maximum atomic E-state index is 11.9. The number of hydrogen-bond donors (Lipinski definition) is 1. The zero-order valence-corrected chi connectivity index (χ0v) is 11.4. The lowest BCUT2D eigenvalue weighted by atomic mass is 9.80. The van der Waals surface area contributed by atoms with E-state index >= 15 is 0 Å². The summed E-state index contributed by atoms with van der Waals surface area (Å²) in [5.41, 5.74) is 0.952. The molecule has 0 radical (unpaired) electrons. The number of ether oxygens (including phenoxy) is 2. The summed E-state index contributed by atoms with van der Waals surface area (Å²) in [5, 5.41) is 10.3. The zero-order chi connectivity index (χ0) is 14.0. The van der Waals surface area contributed by atoms with Gasteiger partial charge in [0, 0.05) is 12.8 Å². The monoisotopic (exact) mass is 268 g/mol. The Morgan fingerprint density at radius 3 is 2.84 bits per heavy atom. The van der Waals surface area contributed by atoms with Crippen molar-refractivity contribution in [1.82, 2.24) is 0 Å². The second-order valence-electron chi connectivity index (χ2n) is 5.05. The van der Waals surface area contributed by atoms with Crippen LogP contribution < -0.4 is 0 Å². The molecule has 1 heterocycles. The van der Waals surface area contributed by atoms with Crippen molar-refractivity contribution in [2.45, 2.75) is 51.7 Å². The van der Waals surface area contributed by atoms with Gasteiger partial charge in [0.05, 0.1) is 6.61 Å². The van der Waals surface area contributed by atoms with Gasteiger partial charge in [-0.25, -0.2) is 4.79 Å². The number of ketones is 1. The predicted molar refractivity (Wildman–Crippen MR) is 66.9 cm³/mol. The van der Waals surface area contributed by atoms with Crippen molar-refractivity contribution < 1.29 is 24.2 Å². The summed E-state index contributed by atoms with van der Waals surface area (Å²) in [6.07, 6.45) is 2.95. The second-order valence-corrected chi connectivity index (χ2v) is 5.05. The predicted octanol–water partition coefficient (Wildman–Crippen LogP) is 1.69. The molecule has 2 atom stereocenters. The van der Waals surface area contributed by atoms with Crippen LogP contribution in [0.3, 0.4) is 0 Å². The molecule has 0 saturated heterocycles. The highest BCUT2D eigenvalue weighted by atomic mass is 16.7. The average molecular weight is 268 g/mol. The average Bonchev–Trinajstić information content (AvgIpc) is 2.39. The lowest BCUT2D eigenvalue weighted by Crippen LogP contribution is -2.48. The number of esters is 1. The van der Waals surface area contributed by atoms with E-state index in [1.165, 1.54) is 0 Å². The Morgan fingerprint density at radius 1 is 1.47 bits per heavy atom. The van der Waals surface area contributed by atoms with Crippen molar-refractivity contribution in [2.75, 3.05) is 6.61 Å². The van der Waals surface area contributed by atoms with Gasteiger partial charge in [-0.2, -0.15) is 0 Å². The van der Waals surface area contributed by atoms with Crippen molar-refractivity contribution in [3.63, 3.8) is 0 Å². The van der Waals surface area contributed by atoms with E-state index in [1.807, 2.05) is 6.92 Å².